The molecular weight excluding hydrogens is 534 g/mol. The highest BCUT2D eigenvalue weighted by Crippen LogP contribution is 2.46. The molecule has 41 heavy (non-hydrogen) atoms. The molecule has 0 aliphatic heterocycles. The lowest BCUT2D eigenvalue weighted by molar-refractivity contribution is 0.0537. The average molecular weight is 555 g/mol. The van der Waals surface area contributed by atoms with Crippen LogP contribution in [0.2, 0.25) is 0 Å². The van der Waals surface area contributed by atoms with E-state index in [2.05, 4.69) is 0 Å². The van der Waals surface area contributed by atoms with Crippen molar-refractivity contribution in [2.75, 3.05) is 0 Å². The summed E-state index contributed by atoms with van der Waals surface area (Å²) in [6.07, 6.45) is 3.02. The molecule has 0 saturated heterocycles. The number of rotatable bonds is 6. The zero-order valence-electron chi connectivity index (χ0n) is 21.1. The number of alkyl halides is 2. The summed E-state index contributed by atoms with van der Waals surface area (Å²) in [6, 6.07) is 10.1. The number of halogens is 2. The number of allylic oxidation sites excluding steroid dienone is 4. The van der Waals surface area contributed by atoms with E-state index in [1.807, 2.05) is 0 Å². The summed E-state index contributed by atoms with van der Waals surface area (Å²) >= 11 is 0. The zero-order valence-corrected chi connectivity index (χ0v) is 21.1. The number of carboxylic acid groups (broad SMARTS) is 2. The summed E-state index contributed by atoms with van der Waals surface area (Å²) < 4.78 is 28.5. The molecule has 0 spiro atoms. The van der Waals surface area contributed by atoms with E-state index >= 15 is 0 Å². The molecule has 5 aromatic rings. The fraction of sp³-hybridized carbons (Fsp3) is 0.0968. The Balaban J connectivity index is 1.89. The second-order valence-corrected chi connectivity index (χ2v) is 10.1. The standard InChI is InChI=1S/C31H20F2N2O6/c32-31(33)9-1-2-13(12-31)10-14-11-21(28(35)37)24-18(27(34)36)6-3-16-15-4-7-19(29(38)39)25-20(30(40)41)8-5-17(23(15)25)22(14)26(16)24/h1-9,11H,10,12H2,(H2,34,36)(H2,35,37)(H,38,39)(H,40,41). The lowest BCUT2D eigenvalue weighted by atomic mass is 9.81. The number of amides is 2. The van der Waals surface area contributed by atoms with Crippen LogP contribution in [0.25, 0.3) is 43.1 Å². The van der Waals surface area contributed by atoms with E-state index < -0.39 is 36.1 Å². The number of fused-ring (bicyclic) bond motifs is 2. The van der Waals surface area contributed by atoms with Gasteiger partial charge in [0.25, 0.3) is 5.92 Å². The third kappa shape index (κ3) is 3.87. The van der Waals surface area contributed by atoms with Crippen LogP contribution in [0, 0.1) is 0 Å². The molecule has 0 atom stereocenters. The predicted molar refractivity (Wildman–Crippen MR) is 149 cm³/mol. The number of carbonyl (C=O) groups is 4. The molecule has 0 bridgehead atoms. The summed E-state index contributed by atoms with van der Waals surface area (Å²) in [4.78, 5) is 49.7. The molecule has 0 radical (unpaired) electrons. The first-order valence-electron chi connectivity index (χ1n) is 12.4. The molecule has 6 rings (SSSR count). The summed E-state index contributed by atoms with van der Waals surface area (Å²) in [5.74, 6) is -7.42. The fourth-order valence-electron chi connectivity index (χ4n) is 6.09. The lowest BCUT2D eigenvalue weighted by Gasteiger charge is -2.23. The Hall–Kier alpha value is -5.38. The minimum atomic E-state index is -3.08. The van der Waals surface area contributed by atoms with Crippen molar-refractivity contribution in [2.45, 2.75) is 18.8 Å². The molecule has 0 saturated carbocycles. The second kappa shape index (κ2) is 8.82. The van der Waals surface area contributed by atoms with Crippen molar-refractivity contribution < 1.29 is 38.2 Å². The van der Waals surface area contributed by atoms with Crippen molar-refractivity contribution in [3.8, 4) is 0 Å². The van der Waals surface area contributed by atoms with Crippen molar-refractivity contribution in [1.29, 1.82) is 0 Å². The molecular formula is C31H20F2N2O6. The van der Waals surface area contributed by atoms with Gasteiger partial charge in [-0.05, 0) is 74.6 Å². The number of hydrogen-bond donors (Lipinski definition) is 4. The van der Waals surface area contributed by atoms with E-state index in [1.165, 1.54) is 42.5 Å². The highest BCUT2D eigenvalue weighted by Gasteiger charge is 2.30. The quantitative estimate of drug-likeness (QED) is 0.162. The lowest BCUT2D eigenvalue weighted by Crippen LogP contribution is -2.18. The Labute approximate surface area is 229 Å². The SMILES string of the molecule is NC(=O)c1ccc2c3ccc(C(=O)O)c4c(C(=O)O)ccc(c5c(CC6=CC=CC(F)(F)C6)cc(C(N)=O)c1c25)c43. The average Bonchev–Trinajstić information content (AvgIpc) is 2.90. The van der Waals surface area contributed by atoms with Gasteiger partial charge in [-0.15, -0.1) is 0 Å². The first-order chi connectivity index (χ1) is 19.4. The first kappa shape index (κ1) is 25.9. The van der Waals surface area contributed by atoms with Crippen molar-refractivity contribution in [1.82, 2.24) is 0 Å². The van der Waals surface area contributed by atoms with Gasteiger partial charge in [-0.2, -0.15) is 0 Å². The van der Waals surface area contributed by atoms with Gasteiger partial charge in [-0.3, -0.25) is 9.59 Å². The van der Waals surface area contributed by atoms with Crippen molar-refractivity contribution >= 4 is 66.8 Å². The minimum Gasteiger partial charge on any atom is -0.478 e. The molecule has 2 amide bonds. The molecule has 5 aromatic carbocycles. The molecule has 1 aliphatic carbocycles. The second-order valence-electron chi connectivity index (χ2n) is 10.1. The van der Waals surface area contributed by atoms with E-state index in [1.54, 1.807) is 12.1 Å². The van der Waals surface area contributed by atoms with Gasteiger partial charge in [0.15, 0.2) is 0 Å². The van der Waals surface area contributed by atoms with Gasteiger partial charge in [-0.25, -0.2) is 18.4 Å². The highest BCUT2D eigenvalue weighted by atomic mass is 19.3. The molecule has 0 fully saturated rings. The molecule has 0 unspecified atom stereocenters. The molecule has 0 heterocycles. The van der Waals surface area contributed by atoms with Crippen molar-refractivity contribution in [3.05, 3.63) is 94.1 Å². The first-order valence-corrected chi connectivity index (χ1v) is 12.4. The smallest absolute Gasteiger partial charge is 0.336 e. The number of benzene rings is 5. The maximum absolute atomic E-state index is 14.3. The van der Waals surface area contributed by atoms with Crippen LogP contribution in [0.3, 0.4) is 0 Å². The number of nitrogens with two attached hydrogens (primary N) is 2. The van der Waals surface area contributed by atoms with E-state index in [0.29, 0.717) is 43.5 Å². The van der Waals surface area contributed by atoms with E-state index in [4.69, 9.17) is 11.5 Å². The Morgan fingerprint density at radius 3 is 1.80 bits per heavy atom. The Bertz CT molecular complexity index is 2070. The third-order valence-corrected chi connectivity index (χ3v) is 7.63. The molecule has 1 aliphatic rings. The van der Waals surface area contributed by atoms with Gasteiger partial charge in [-0.1, -0.05) is 35.9 Å². The van der Waals surface area contributed by atoms with Gasteiger partial charge in [0, 0.05) is 28.3 Å². The van der Waals surface area contributed by atoms with Gasteiger partial charge in [0.1, 0.15) is 0 Å². The highest BCUT2D eigenvalue weighted by molar-refractivity contribution is 6.38. The molecule has 204 valence electrons. The topological polar surface area (TPSA) is 161 Å². The van der Waals surface area contributed by atoms with Crippen LogP contribution in [0.4, 0.5) is 8.78 Å². The van der Waals surface area contributed by atoms with E-state index in [9.17, 15) is 38.2 Å². The Kier molecular flexibility index (Phi) is 5.56. The number of aromatic carboxylic acids is 2. The molecule has 0 aromatic heterocycles. The van der Waals surface area contributed by atoms with Crippen LogP contribution in [0.15, 0.2) is 66.3 Å². The van der Waals surface area contributed by atoms with Gasteiger partial charge in [0.05, 0.1) is 11.1 Å². The van der Waals surface area contributed by atoms with Crippen LogP contribution >= 0.6 is 0 Å². The molecule has 6 N–H and O–H groups in total. The van der Waals surface area contributed by atoms with Crippen LogP contribution in [0.5, 0.6) is 0 Å². The zero-order chi connectivity index (χ0) is 29.4. The van der Waals surface area contributed by atoms with Crippen LogP contribution in [-0.2, 0) is 6.42 Å². The van der Waals surface area contributed by atoms with E-state index in [-0.39, 0.29) is 39.4 Å². The fourth-order valence-corrected chi connectivity index (χ4v) is 6.09. The molecule has 10 heteroatoms. The molecule has 8 nitrogen and oxygen atoms in total. The maximum Gasteiger partial charge on any atom is 0.336 e. The monoisotopic (exact) mass is 554 g/mol. The third-order valence-electron chi connectivity index (χ3n) is 7.63. The number of carbonyl (C=O) groups excluding carboxylic acids is 2. The van der Waals surface area contributed by atoms with Gasteiger partial charge >= 0.3 is 11.9 Å². The Morgan fingerprint density at radius 2 is 1.24 bits per heavy atom. The largest absolute Gasteiger partial charge is 0.478 e. The normalized spacial score (nSPS) is 14.6. The minimum absolute atomic E-state index is 0.00551. The summed E-state index contributed by atoms with van der Waals surface area (Å²) in [7, 11) is 0. The summed E-state index contributed by atoms with van der Waals surface area (Å²) in [6.45, 7) is 0. The number of hydrogen-bond acceptors (Lipinski definition) is 4. The summed E-state index contributed by atoms with van der Waals surface area (Å²) in [5, 5.41) is 22.6. The van der Waals surface area contributed by atoms with Crippen LogP contribution in [-0.4, -0.2) is 39.9 Å². The van der Waals surface area contributed by atoms with Crippen LogP contribution < -0.4 is 11.5 Å². The van der Waals surface area contributed by atoms with Gasteiger partial charge < -0.3 is 21.7 Å². The maximum atomic E-state index is 14.3. The van der Waals surface area contributed by atoms with E-state index in [0.717, 1.165) is 6.08 Å². The van der Waals surface area contributed by atoms with Gasteiger partial charge in [0.2, 0.25) is 11.8 Å². The van der Waals surface area contributed by atoms with Crippen molar-refractivity contribution in [3.63, 3.8) is 0 Å². The van der Waals surface area contributed by atoms with Crippen LogP contribution in [0.1, 0.15) is 53.4 Å². The number of primary amides is 2. The Morgan fingerprint density at radius 1 is 0.707 bits per heavy atom. The number of carboxylic acids is 2. The predicted octanol–water partition coefficient (Wildman–Crippen LogP) is 5.40. The summed E-state index contributed by atoms with van der Waals surface area (Å²) in [5.41, 5.74) is 11.7. The van der Waals surface area contributed by atoms with Crippen molar-refractivity contribution in [2.24, 2.45) is 11.5 Å².